The van der Waals surface area contributed by atoms with Crippen molar-refractivity contribution >= 4 is 40.7 Å². The number of anilines is 5. The lowest BCUT2D eigenvalue weighted by molar-refractivity contribution is -0.192. The molecule has 4 aromatic rings. The third kappa shape index (κ3) is 8.04. The van der Waals surface area contributed by atoms with E-state index >= 15 is 0 Å². The van der Waals surface area contributed by atoms with Gasteiger partial charge in [-0.25, -0.2) is 24.1 Å². The Hall–Kier alpha value is -5.41. The van der Waals surface area contributed by atoms with E-state index in [9.17, 15) is 22.4 Å². The van der Waals surface area contributed by atoms with E-state index in [-0.39, 0.29) is 11.6 Å². The number of carbonyl (C=O) groups excluding carboxylic acids is 1. The van der Waals surface area contributed by atoms with Crippen molar-refractivity contribution in [2.45, 2.75) is 6.18 Å². The number of carboxylic acids is 1. The summed E-state index contributed by atoms with van der Waals surface area (Å²) in [6, 6.07) is 4.14. The van der Waals surface area contributed by atoms with Crippen LogP contribution < -0.4 is 16.0 Å². The Balaban J connectivity index is 0.000000532. The van der Waals surface area contributed by atoms with E-state index in [0.29, 0.717) is 28.3 Å². The molecule has 0 fully saturated rings. The molecule has 0 unspecified atom stereocenters. The van der Waals surface area contributed by atoms with Gasteiger partial charge < -0.3 is 21.1 Å². The summed E-state index contributed by atoms with van der Waals surface area (Å²) in [4.78, 5) is 37.4. The van der Waals surface area contributed by atoms with Crippen molar-refractivity contribution in [2.75, 3.05) is 16.0 Å². The Morgan fingerprint density at radius 1 is 1.08 bits per heavy atom. The molecule has 1 amide bonds. The Bertz CT molecular complexity index is 1480. The zero-order valence-electron chi connectivity index (χ0n) is 19.9. The first kappa shape index (κ1) is 28.2. The number of benzene rings is 1. The van der Waals surface area contributed by atoms with Crippen LogP contribution in [0.15, 0.2) is 68.2 Å². The Morgan fingerprint density at radius 3 is 2.36 bits per heavy atom. The van der Waals surface area contributed by atoms with Gasteiger partial charge in [-0.2, -0.15) is 23.3 Å². The van der Waals surface area contributed by atoms with E-state index in [2.05, 4.69) is 47.6 Å². The van der Waals surface area contributed by atoms with E-state index in [1.165, 1.54) is 24.5 Å². The highest BCUT2D eigenvalue weighted by atomic mass is 19.4. The van der Waals surface area contributed by atoms with Gasteiger partial charge in [-0.15, -0.1) is 0 Å². The molecule has 0 saturated carbocycles. The van der Waals surface area contributed by atoms with Crippen LogP contribution in [-0.2, 0) is 16.6 Å². The van der Waals surface area contributed by atoms with Crippen LogP contribution in [0.2, 0.25) is 0 Å². The molecule has 202 valence electrons. The molecule has 0 saturated heterocycles. The van der Waals surface area contributed by atoms with E-state index in [4.69, 9.17) is 9.90 Å². The molecule has 0 bridgehead atoms. The molecule has 3 aromatic heterocycles. The van der Waals surface area contributed by atoms with Gasteiger partial charge in [-0.3, -0.25) is 9.48 Å². The lowest BCUT2D eigenvalue weighted by Crippen LogP contribution is -2.21. The minimum atomic E-state index is -5.08. The molecule has 4 N–H and O–H groups in total. The fraction of sp³-hybridized carbons (Fsp3) is 0.0870. The second-order valence-corrected chi connectivity index (χ2v) is 7.43. The molecule has 12 nitrogen and oxygen atoms in total. The summed E-state index contributed by atoms with van der Waals surface area (Å²) >= 11 is 0. The van der Waals surface area contributed by atoms with Gasteiger partial charge in [0.05, 0.1) is 17.6 Å². The topological polar surface area (TPSA) is 160 Å². The summed E-state index contributed by atoms with van der Waals surface area (Å²) in [6.07, 6.45) is 5.62. The Morgan fingerprint density at radius 2 is 1.77 bits per heavy atom. The SMILES string of the molecule is C=CC(=O)Nc1ccc(F)c(Nc2nc(Nc3cnn(C)c3)ncc2-c2cncnc2)c1.O=C(O)C(F)(F)F. The first-order valence-corrected chi connectivity index (χ1v) is 10.6. The van der Waals surface area contributed by atoms with Crippen molar-refractivity contribution in [2.24, 2.45) is 7.05 Å². The van der Waals surface area contributed by atoms with Crippen molar-refractivity contribution < 1.29 is 32.3 Å². The second-order valence-electron chi connectivity index (χ2n) is 7.43. The lowest BCUT2D eigenvalue weighted by Gasteiger charge is -2.14. The number of aliphatic carboxylic acids is 1. The summed E-state index contributed by atoms with van der Waals surface area (Å²) in [5, 5.41) is 19.9. The van der Waals surface area contributed by atoms with Crippen molar-refractivity contribution in [3.05, 3.63) is 74.0 Å². The molecule has 39 heavy (non-hydrogen) atoms. The second kappa shape index (κ2) is 12.2. The van der Waals surface area contributed by atoms with Crippen LogP contribution >= 0.6 is 0 Å². The molecule has 4 rings (SSSR count). The number of halogens is 4. The summed E-state index contributed by atoms with van der Waals surface area (Å²) in [5.74, 6) is -3.11. The fourth-order valence-electron chi connectivity index (χ4n) is 2.82. The quantitative estimate of drug-likeness (QED) is 0.197. The standard InChI is InChI=1S/C21H18FN9O.C2HF3O2/c1-3-19(32)27-14-4-5-17(22)18(6-14)29-20-16(13-7-23-12-24-8-13)10-25-21(30-20)28-15-9-26-31(2)11-15;3-2(4,5)1(6)7/h3-12H,1H2,2H3,(H,27,32)(H2,25,28,29,30);(H,6,7). The van der Waals surface area contributed by atoms with Gasteiger partial charge in [0.1, 0.15) is 18.0 Å². The molecule has 0 spiro atoms. The van der Waals surface area contributed by atoms with Crippen molar-refractivity contribution in [3.63, 3.8) is 0 Å². The number of aryl methyl sites for hydroxylation is 1. The molecule has 0 radical (unpaired) electrons. The van der Waals surface area contributed by atoms with Gasteiger partial charge >= 0.3 is 12.1 Å². The van der Waals surface area contributed by atoms with Crippen molar-refractivity contribution in [1.82, 2.24) is 29.7 Å². The normalized spacial score (nSPS) is 10.6. The van der Waals surface area contributed by atoms with Crippen LogP contribution in [0, 0.1) is 5.82 Å². The minimum Gasteiger partial charge on any atom is -0.475 e. The minimum absolute atomic E-state index is 0.107. The maximum absolute atomic E-state index is 14.6. The van der Waals surface area contributed by atoms with E-state index in [0.717, 1.165) is 6.08 Å². The summed E-state index contributed by atoms with van der Waals surface area (Å²) in [7, 11) is 1.79. The van der Waals surface area contributed by atoms with Crippen LogP contribution in [0.3, 0.4) is 0 Å². The van der Waals surface area contributed by atoms with Crippen molar-refractivity contribution in [1.29, 1.82) is 0 Å². The zero-order chi connectivity index (χ0) is 28.6. The monoisotopic (exact) mass is 545 g/mol. The summed E-state index contributed by atoms with van der Waals surface area (Å²) in [5.41, 5.74) is 2.39. The molecule has 16 heteroatoms. The highest BCUT2D eigenvalue weighted by Gasteiger charge is 2.38. The number of nitrogens with zero attached hydrogens (tertiary/aromatic N) is 6. The van der Waals surface area contributed by atoms with Gasteiger partial charge in [0.15, 0.2) is 0 Å². The average Bonchev–Trinajstić information content (AvgIpc) is 3.30. The first-order valence-electron chi connectivity index (χ1n) is 10.6. The zero-order valence-corrected chi connectivity index (χ0v) is 19.9. The first-order chi connectivity index (χ1) is 18.5. The number of amides is 1. The van der Waals surface area contributed by atoms with Crippen LogP contribution in [0.1, 0.15) is 0 Å². The number of hydrogen-bond donors (Lipinski definition) is 4. The maximum Gasteiger partial charge on any atom is 0.490 e. The third-order valence-corrected chi connectivity index (χ3v) is 4.54. The molecule has 3 heterocycles. The third-order valence-electron chi connectivity index (χ3n) is 4.54. The summed E-state index contributed by atoms with van der Waals surface area (Å²) < 4.78 is 47.9. The van der Waals surface area contributed by atoms with E-state index in [1.54, 1.807) is 42.7 Å². The molecule has 0 aliphatic heterocycles. The molecule has 0 aliphatic rings. The van der Waals surface area contributed by atoms with Crippen LogP contribution in [0.5, 0.6) is 0 Å². The highest BCUT2D eigenvalue weighted by Crippen LogP contribution is 2.31. The van der Waals surface area contributed by atoms with Gasteiger partial charge in [0.25, 0.3) is 0 Å². The number of carboxylic acid groups (broad SMARTS) is 1. The lowest BCUT2D eigenvalue weighted by atomic mass is 10.1. The predicted molar refractivity (Wildman–Crippen MR) is 132 cm³/mol. The molecule has 0 aliphatic carbocycles. The largest absolute Gasteiger partial charge is 0.490 e. The Labute approximate surface area is 217 Å². The van der Waals surface area contributed by atoms with Crippen molar-refractivity contribution in [3.8, 4) is 11.1 Å². The number of carbonyl (C=O) groups is 2. The van der Waals surface area contributed by atoms with Crippen LogP contribution in [0.4, 0.5) is 46.4 Å². The molecular formula is C23H19F4N9O3. The summed E-state index contributed by atoms with van der Waals surface area (Å²) in [6.45, 7) is 3.41. The highest BCUT2D eigenvalue weighted by molar-refractivity contribution is 5.99. The number of alkyl halides is 3. The van der Waals surface area contributed by atoms with Gasteiger partial charge in [-0.1, -0.05) is 6.58 Å². The van der Waals surface area contributed by atoms with Gasteiger partial charge in [0, 0.05) is 48.6 Å². The van der Waals surface area contributed by atoms with Crippen LogP contribution in [-0.4, -0.2) is 52.9 Å². The van der Waals surface area contributed by atoms with Crippen LogP contribution in [0.25, 0.3) is 11.1 Å². The van der Waals surface area contributed by atoms with E-state index < -0.39 is 23.9 Å². The molecule has 0 atom stereocenters. The number of nitrogens with one attached hydrogen (secondary N) is 3. The van der Waals surface area contributed by atoms with Gasteiger partial charge in [0.2, 0.25) is 11.9 Å². The van der Waals surface area contributed by atoms with Gasteiger partial charge in [-0.05, 0) is 24.3 Å². The molecular weight excluding hydrogens is 526 g/mol. The smallest absolute Gasteiger partial charge is 0.475 e. The van der Waals surface area contributed by atoms with E-state index in [1.807, 2.05) is 0 Å². The average molecular weight is 545 g/mol. The Kier molecular flexibility index (Phi) is 8.82. The fourth-order valence-corrected chi connectivity index (χ4v) is 2.82. The number of rotatable bonds is 7. The number of hydrogen-bond acceptors (Lipinski definition) is 9. The number of aromatic nitrogens is 6. The molecule has 1 aromatic carbocycles. The predicted octanol–water partition coefficient (Wildman–Crippen LogP) is 4.05. The maximum atomic E-state index is 14.6.